The van der Waals surface area contributed by atoms with E-state index in [1.165, 1.54) is 37.7 Å². The van der Waals surface area contributed by atoms with Crippen molar-refractivity contribution in [3.05, 3.63) is 72.3 Å². The summed E-state index contributed by atoms with van der Waals surface area (Å²) in [6.45, 7) is 4.56. The number of hydrogen-bond acceptors (Lipinski definition) is 3. The average molecular weight is 382 g/mol. The van der Waals surface area contributed by atoms with Crippen LogP contribution in [-0.4, -0.2) is 12.8 Å². The van der Waals surface area contributed by atoms with E-state index in [9.17, 15) is 4.79 Å². The fraction of sp³-hybridized carbons (Fsp3) is 0.192. The number of rotatable bonds is 4. The number of benzene rings is 5. The highest BCUT2D eigenvalue weighted by Crippen LogP contribution is 2.40. The minimum Gasteiger partial charge on any atom is -0.434 e. The largest absolute Gasteiger partial charge is 0.508 e. The zero-order chi connectivity index (χ0) is 20.0. The highest BCUT2D eigenvalue weighted by Gasteiger charge is 2.15. The Kier molecular flexibility index (Phi) is 4.24. The minimum absolute atomic E-state index is 0.197. The predicted octanol–water partition coefficient (Wildman–Crippen LogP) is 7.05. The van der Waals surface area contributed by atoms with Gasteiger partial charge >= 0.3 is 6.16 Å². The monoisotopic (exact) mass is 382 g/mol. The van der Waals surface area contributed by atoms with E-state index in [2.05, 4.69) is 66.7 Å². The Bertz CT molecular complexity index is 1300. The van der Waals surface area contributed by atoms with Crippen LogP contribution in [0.1, 0.15) is 19.4 Å². The lowest BCUT2D eigenvalue weighted by Gasteiger charge is -2.16. The summed E-state index contributed by atoms with van der Waals surface area (Å²) in [5.41, 5.74) is 0.985. The van der Waals surface area contributed by atoms with Crippen molar-refractivity contribution in [2.75, 3.05) is 6.61 Å². The molecule has 0 aliphatic carbocycles. The fourth-order valence-electron chi connectivity index (χ4n) is 4.24. The Morgan fingerprint density at radius 1 is 0.724 bits per heavy atom. The first-order valence-corrected chi connectivity index (χ1v) is 10.00. The van der Waals surface area contributed by atoms with Crippen LogP contribution in [0.5, 0.6) is 0 Å². The maximum atomic E-state index is 11.9. The molecule has 0 radical (unpaired) electrons. The smallest absolute Gasteiger partial charge is 0.434 e. The predicted molar refractivity (Wildman–Crippen MR) is 119 cm³/mol. The van der Waals surface area contributed by atoms with E-state index in [1.807, 2.05) is 13.8 Å². The minimum atomic E-state index is -0.616. The van der Waals surface area contributed by atoms with Crippen LogP contribution in [-0.2, 0) is 16.1 Å². The lowest BCUT2D eigenvalue weighted by atomic mass is 9.88. The van der Waals surface area contributed by atoms with Crippen molar-refractivity contribution in [2.45, 2.75) is 20.5 Å². The Hall–Kier alpha value is -3.33. The van der Waals surface area contributed by atoms with Crippen molar-refractivity contribution >= 4 is 49.2 Å². The van der Waals surface area contributed by atoms with Gasteiger partial charge < -0.3 is 9.47 Å². The maximum Gasteiger partial charge on any atom is 0.508 e. The van der Waals surface area contributed by atoms with E-state index in [0.29, 0.717) is 6.61 Å². The lowest BCUT2D eigenvalue weighted by Crippen LogP contribution is -2.11. The van der Waals surface area contributed by atoms with Gasteiger partial charge in [0.25, 0.3) is 0 Å². The summed E-state index contributed by atoms with van der Waals surface area (Å²) in [5.74, 6) is 0.283. The number of fused-ring (bicyclic) bond motifs is 2. The molecule has 0 spiro atoms. The van der Waals surface area contributed by atoms with Gasteiger partial charge in [-0.2, -0.15) is 0 Å². The van der Waals surface area contributed by atoms with Gasteiger partial charge in [-0.1, -0.05) is 80.6 Å². The number of hydrogen-bond donors (Lipinski definition) is 0. The summed E-state index contributed by atoms with van der Waals surface area (Å²) in [4.78, 5) is 11.9. The van der Waals surface area contributed by atoms with Crippen molar-refractivity contribution in [3.63, 3.8) is 0 Å². The summed E-state index contributed by atoms with van der Waals surface area (Å²) in [6, 6.07) is 23.5. The molecule has 0 saturated heterocycles. The van der Waals surface area contributed by atoms with E-state index < -0.39 is 6.16 Å². The summed E-state index contributed by atoms with van der Waals surface area (Å²) in [7, 11) is 0. The number of carbonyl (C=O) groups excluding carboxylic acids is 1. The molecule has 0 bridgehead atoms. The van der Waals surface area contributed by atoms with Gasteiger partial charge in [0.1, 0.15) is 6.61 Å². The van der Waals surface area contributed by atoms with Gasteiger partial charge in [0, 0.05) is 0 Å². The van der Waals surface area contributed by atoms with Crippen LogP contribution in [0.4, 0.5) is 4.79 Å². The van der Waals surface area contributed by atoms with Crippen LogP contribution in [0.25, 0.3) is 43.1 Å². The standard InChI is InChI=1S/C26H22O3/c1-16(2)14-28-26(27)29-15-18-12-13-23-21-10-4-7-17-6-3-9-20(24(17)21)22-11-5-8-19(18)25(22)23/h3-13,16H,14-15H2,1-2H3. The fourth-order valence-corrected chi connectivity index (χ4v) is 4.24. The normalized spacial score (nSPS) is 11.8. The van der Waals surface area contributed by atoms with Gasteiger partial charge in [0.2, 0.25) is 0 Å². The first kappa shape index (κ1) is 17.7. The molecule has 0 heterocycles. The van der Waals surface area contributed by atoms with Crippen LogP contribution in [0, 0.1) is 5.92 Å². The highest BCUT2D eigenvalue weighted by molar-refractivity contribution is 6.33. The second-order valence-electron chi connectivity index (χ2n) is 7.95. The molecule has 5 aromatic rings. The summed E-state index contributed by atoms with van der Waals surface area (Å²) in [6.07, 6.45) is -0.616. The molecular formula is C26H22O3. The van der Waals surface area contributed by atoms with Crippen molar-refractivity contribution in [1.82, 2.24) is 0 Å². The Morgan fingerprint density at radius 3 is 2.00 bits per heavy atom. The molecule has 0 atom stereocenters. The van der Waals surface area contributed by atoms with Gasteiger partial charge in [0.05, 0.1) is 6.61 Å². The third kappa shape index (κ3) is 2.94. The van der Waals surface area contributed by atoms with Crippen LogP contribution in [0.15, 0.2) is 66.7 Å². The van der Waals surface area contributed by atoms with Crippen LogP contribution >= 0.6 is 0 Å². The molecule has 0 saturated carbocycles. The highest BCUT2D eigenvalue weighted by atomic mass is 16.7. The molecule has 29 heavy (non-hydrogen) atoms. The molecule has 0 unspecified atom stereocenters. The Balaban J connectivity index is 1.65. The maximum absolute atomic E-state index is 11.9. The summed E-state index contributed by atoms with van der Waals surface area (Å²) >= 11 is 0. The van der Waals surface area contributed by atoms with Gasteiger partial charge in [-0.3, -0.25) is 0 Å². The number of carbonyl (C=O) groups is 1. The third-order valence-corrected chi connectivity index (χ3v) is 5.50. The van der Waals surface area contributed by atoms with Gasteiger partial charge in [0.15, 0.2) is 0 Å². The first-order valence-electron chi connectivity index (χ1n) is 10.00. The van der Waals surface area contributed by atoms with E-state index in [-0.39, 0.29) is 12.5 Å². The molecule has 3 heteroatoms. The van der Waals surface area contributed by atoms with Crippen molar-refractivity contribution < 1.29 is 14.3 Å². The molecule has 144 valence electrons. The van der Waals surface area contributed by atoms with Crippen LogP contribution in [0.2, 0.25) is 0 Å². The average Bonchev–Trinajstić information content (AvgIpc) is 2.74. The Labute approximate surface area is 169 Å². The molecule has 5 aromatic carbocycles. The van der Waals surface area contributed by atoms with E-state index >= 15 is 0 Å². The molecule has 0 aromatic heterocycles. The van der Waals surface area contributed by atoms with Gasteiger partial charge in [-0.15, -0.1) is 0 Å². The molecule has 0 fully saturated rings. The second kappa shape index (κ2) is 6.93. The van der Waals surface area contributed by atoms with E-state index in [0.717, 1.165) is 10.9 Å². The molecular weight excluding hydrogens is 360 g/mol. The van der Waals surface area contributed by atoms with Crippen LogP contribution in [0.3, 0.4) is 0 Å². The molecule has 0 amide bonds. The van der Waals surface area contributed by atoms with Crippen molar-refractivity contribution in [3.8, 4) is 0 Å². The lowest BCUT2D eigenvalue weighted by molar-refractivity contribution is 0.0427. The third-order valence-electron chi connectivity index (χ3n) is 5.50. The van der Waals surface area contributed by atoms with E-state index in [4.69, 9.17) is 9.47 Å². The molecule has 3 nitrogen and oxygen atoms in total. The molecule has 5 rings (SSSR count). The second-order valence-corrected chi connectivity index (χ2v) is 7.95. The van der Waals surface area contributed by atoms with Gasteiger partial charge in [-0.05, 0) is 54.6 Å². The van der Waals surface area contributed by atoms with Crippen molar-refractivity contribution in [1.29, 1.82) is 0 Å². The first-order chi connectivity index (χ1) is 14.1. The topological polar surface area (TPSA) is 35.5 Å². The molecule has 0 aliphatic heterocycles. The summed E-state index contributed by atoms with van der Waals surface area (Å²) in [5, 5.41) is 9.85. The van der Waals surface area contributed by atoms with E-state index in [1.54, 1.807) is 0 Å². The zero-order valence-electron chi connectivity index (χ0n) is 16.6. The van der Waals surface area contributed by atoms with Crippen molar-refractivity contribution in [2.24, 2.45) is 5.92 Å². The molecule has 0 N–H and O–H groups in total. The van der Waals surface area contributed by atoms with Gasteiger partial charge in [-0.25, -0.2) is 4.79 Å². The Morgan fingerprint density at radius 2 is 1.31 bits per heavy atom. The summed E-state index contributed by atoms with van der Waals surface area (Å²) < 4.78 is 10.5. The molecule has 0 aliphatic rings. The van der Waals surface area contributed by atoms with Crippen LogP contribution < -0.4 is 0 Å². The zero-order valence-corrected chi connectivity index (χ0v) is 16.6. The number of ether oxygens (including phenoxy) is 2. The quantitative estimate of drug-likeness (QED) is 0.190. The SMILES string of the molecule is CC(C)COC(=O)OCc1ccc2c3cccc4cccc(c5cccc1c52)c43.